The highest BCUT2D eigenvalue weighted by atomic mass is 32.2. The first-order valence-electron chi connectivity index (χ1n) is 11.1. The number of sulfonamides is 1. The zero-order valence-corrected chi connectivity index (χ0v) is 20.1. The highest BCUT2D eigenvalue weighted by molar-refractivity contribution is 7.93. The lowest BCUT2D eigenvalue weighted by atomic mass is 10.0. The molecule has 5 rings (SSSR count). The van der Waals surface area contributed by atoms with Gasteiger partial charge in [-0.1, -0.05) is 36.4 Å². The number of rotatable bonds is 7. The van der Waals surface area contributed by atoms with Gasteiger partial charge in [-0.15, -0.1) is 0 Å². The number of aromatic nitrogens is 1. The Hall–Kier alpha value is -4.15. The van der Waals surface area contributed by atoms with Gasteiger partial charge in [0.1, 0.15) is 16.4 Å². The topological polar surface area (TPSA) is 118 Å². The summed E-state index contributed by atoms with van der Waals surface area (Å²) in [5.74, 6) is -1.16. The van der Waals surface area contributed by atoms with Crippen molar-refractivity contribution in [3.05, 3.63) is 90.6 Å². The van der Waals surface area contributed by atoms with E-state index in [1.807, 2.05) is 6.07 Å². The second-order valence-electron chi connectivity index (χ2n) is 8.37. The summed E-state index contributed by atoms with van der Waals surface area (Å²) in [6.07, 6.45) is 1.53. The molecule has 3 aromatic carbocycles. The van der Waals surface area contributed by atoms with Gasteiger partial charge < -0.3 is 19.5 Å². The fraction of sp³-hybridized carbons (Fsp3) is 0.154. The molecule has 1 aromatic heterocycles. The Bertz CT molecular complexity index is 1530. The number of β-amino-alcohol motifs (C(OH)–C–C–N with tert-alkyl or cyclic N) is 1. The number of fused-ring (bicyclic) bond motifs is 1. The monoisotopic (exact) mass is 505 g/mol. The molecule has 10 heteroatoms. The van der Waals surface area contributed by atoms with E-state index >= 15 is 0 Å². The van der Waals surface area contributed by atoms with Gasteiger partial charge >= 0.3 is 0 Å². The molecule has 2 N–H and O–H groups in total. The smallest absolute Gasteiger partial charge is 0.264 e. The van der Waals surface area contributed by atoms with Crippen LogP contribution in [0.2, 0.25) is 0 Å². The molecule has 9 nitrogen and oxygen atoms in total. The van der Waals surface area contributed by atoms with E-state index in [0.717, 1.165) is 0 Å². The lowest BCUT2D eigenvalue weighted by Gasteiger charge is -2.45. The largest absolute Gasteiger partial charge is 0.496 e. The van der Waals surface area contributed by atoms with Gasteiger partial charge in [-0.05, 0) is 36.4 Å². The quantitative estimate of drug-likeness (QED) is 0.370. The Morgan fingerprint density at radius 3 is 2.53 bits per heavy atom. The lowest BCUT2D eigenvalue weighted by molar-refractivity contribution is -0.210. The number of benzene rings is 3. The third-order valence-corrected chi connectivity index (χ3v) is 7.20. The Labute approximate surface area is 208 Å². The number of anilines is 1. The van der Waals surface area contributed by atoms with E-state index < -0.39 is 15.8 Å². The molecule has 1 saturated heterocycles. The van der Waals surface area contributed by atoms with E-state index in [1.54, 1.807) is 48.5 Å². The van der Waals surface area contributed by atoms with Gasteiger partial charge in [-0.3, -0.25) is 14.5 Å². The van der Waals surface area contributed by atoms with Crippen molar-refractivity contribution in [1.82, 2.24) is 9.88 Å². The first-order chi connectivity index (χ1) is 17.3. The fourth-order valence-electron chi connectivity index (χ4n) is 4.07. The van der Waals surface area contributed by atoms with Crippen LogP contribution in [-0.2, 0) is 10.0 Å². The van der Waals surface area contributed by atoms with Gasteiger partial charge in [0.25, 0.3) is 15.9 Å². The average Bonchev–Trinajstić information content (AvgIpc) is 2.86. The van der Waals surface area contributed by atoms with Gasteiger partial charge in [-0.25, -0.2) is 8.42 Å². The van der Waals surface area contributed by atoms with Crippen molar-refractivity contribution < 1.29 is 27.8 Å². The number of pyridine rings is 1. The third kappa shape index (κ3) is 4.56. The van der Waals surface area contributed by atoms with Gasteiger partial charge in [0, 0.05) is 17.6 Å². The van der Waals surface area contributed by atoms with Crippen LogP contribution in [0.4, 0.5) is 5.69 Å². The number of nitrogens with zero attached hydrogens (tertiary/aromatic N) is 2. The number of methoxy groups -OCH3 is 1. The van der Waals surface area contributed by atoms with Crippen LogP contribution in [-0.4, -0.2) is 55.3 Å². The number of carbonyl (C=O) groups excluding carboxylic acids is 1. The Balaban J connectivity index is 1.32. The van der Waals surface area contributed by atoms with Crippen LogP contribution in [0.15, 0.2) is 90.0 Å². The molecule has 0 saturated carbocycles. The molecule has 4 aromatic rings. The van der Waals surface area contributed by atoms with Gasteiger partial charge in [0.2, 0.25) is 5.79 Å². The standard InChI is InChI=1S/C26H23N3O6S/c1-34-22-15-19(28-36(32,33)23-11-5-7-18-8-6-14-27-24(18)23)12-13-21(22)25(30)29-16-26(31,17-29)35-20-9-3-2-4-10-20/h2-15,28,31H,16-17H2,1H3. The minimum absolute atomic E-state index is 0.0215. The molecule has 0 aliphatic carbocycles. The van der Waals surface area contributed by atoms with Crippen molar-refractivity contribution in [1.29, 1.82) is 0 Å². The van der Waals surface area contributed by atoms with E-state index in [4.69, 9.17) is 9.47 Å². The van der Waals surface area contributed by atoms with Crippen LogP contribution in [0.25, 0.3) is 10.9 Å². The molecule has 1 aliphatic rings. The average molecular weight is 506 g/mol. The highest BCUT2D eigenvalue weighted by Gasteiger charge is 2.46. The van der Waals surface area contributed by atoms with E-state index in [2.05, 4.69) is 9.71 Å². The summed E-state index contributed by atoms with van der Waals surface area (Å²) in [7, 11) is -2.57. The van der Waals surface area contributed by atoms with Crippen LogP contribution >= 0.6 is 0 Å². The molecular formula is C26H23N3O6S. The van der Waals surface area contributed by atoms with Crippen LogP contribution in [0.1, 0.15) is 10.4 Å². The van der Waals surface area contributed by atoms with E-state index in [1.165, 1.54) is 42.5 Å². The summed E-state index contributed by atoms with van der Waals surface area (Å²) in [6, 6.07) is 21.7. The Kier molecular flexibility index (Phi) is 5.99. The number of aliphatic hydroxyl groups is 1. The SMILES string of the molecule is COc1cc(NS(=O)(=O)c2cccc3cccnc23)ccc1C(=O)N1CC(O)(Oc2ccccc2)C1. The van der Waals surface area contributed by atoms with Gasteiger partial charge in [0.05, 0.1) is 37.0 Å². The molecule has 1 fully saturated rings. The molecule has 36 heavy (non-hydrogen) atoms. The van der Waals surface area contributed by atoms with E-state index in [9.17, 15) is 18.3 Å². The summed E-state index contributed by atoms with van der Waals surface area (Å²) >= 11 is 0. The number of amides is 1. The molecule has 0 unspecified atom stereocenters. The van der Waals surface area contributed by atoms with Crippen LogP contribution in [0.3, 0.4) is 0 Å². The molecule has 1 aliphatic heterocycles. The molecule has 0 atom stereocenters. The number of ether oxygens (including phenoxy) is 2. The molecule has 1 amide bonds. The number of hydrogen-bond acceptors (Lipinski definition) is 7. The first-order valence-corrected chi connectivity index (χ1v) is 12.6. The Morgan fingerprint density at radius 1 is 1.03 bits per heavy atom. The number of likely N-dealkylation sites (tertiary alicyclic amines) is 1. The third-order valence-electron chi connectivity index (χ3n) is 5.78. The minimum atomic E-state index is -3.97. The van der Waals surface area contributed by atoms with Crippen molar-refractivity contribution >= 4 is 32.5 Å². The van der Waals surface area contributed by atoms with Crippen molar-refractivity contribution in [3.63, 3.8) is 0 Å². The number of carbonyl (C=O) groups is 1. The van der Waals surface area contributed by atoms with Gasteiger partial charge in [-0.2, -0.15) is 0 Å². The zero-order valence-electron chi connectivity index (χ0n) is 19.3. The second-order valence-corrected chi connectivity index (χ2v) is 10.0. The Morgan fingerprint density at radius 2 is 1.78 bits per heavy atom. The predicted octanol–water partition coefficient (Wildman–Crippen LogP) is 3.27. The maximum absolute atomic E-state index is 13.1. The lowest BCUT2D eigenvalue weighted by Crippen LogP contribution is -2.66. The summed E-state index contributed by atoms with van der Waals surface area (Å²) in [6.45, 7) is -0.0430. The molecule has 0 radical (unpaired) electrons. The van der Waals surface area contributed by atoms with Crippen molar-refractivity contribution in [2.24, 2.45) is 0 Å². The second kappa shape index (κ2) is 9.14. The van der Waals surface area contributed by atoms with Crippen LogP contribution < -0.4 is 14.2 Å². The van der Waals surface area contributed by atoms with E-state index in [0.29, 0.717) is 16.7 Å². The first kappa shape index (κ1) is 23.6. The molecular weight excluding hydrogens is 482 g/mol. The minimum Gasteiger partial charge on any atom is -0.496 e. The molecule has 184 valence electrons. The summed E-state index contributed by atoms with van der Waals surface area (Å²) in [4.78, 5) is 18.7. The summed E-state index contributed by atoms with van der Waals surface area (Å²) in [5, 5.41) is 11.3. The normalized spacial score (nSPS) is 14.7. The zero-order chi connectivity index (χ0) is 25.3. The highest BCUT2D eigenvalue weighted by Crippen LogP contribution is 2.31. The van der Waals surface area contributed by atoms with E-state index in [-0.39, 0.29) is 40.9 Å². The summed E-state index contributed by atoms with van der Waals surface area (Å²) in [5.41, 5.74) is 0.812. The summed E-state index contributed by atoms with van der Waals surface area (Å²) < 4.78 is 39.7. The number of nitrogens with one attached hydrogen (secondary N) is 1. The van der Waals surface area contributed by atoms with Crippen molar-refractivity contribution in [2.45, 2.75) is 10.7 Å². The maximum atomic E-state index is 13.1. The molecule has 2 heterocycles. The maximum Gasteiger partial charge on any atom is 0.264 e. The van der Waals surface area contributed by atoms with Crippen LogP contribution in [0.5, 0.6) is 11.5 Å². The van der Waals surface area contributed by atoms with Crippen LogP contribution in [0, 0.1) is 0 Å². The van der Waals surface area contributed by atoms with Gasteiger partial charge in [0.15, 0.2) is 0 Å². The molecule has 0 bridgehead atoms. The number of hydrogen-bond donors (Lipinski definition) is 2. The molecule has 0 spiro atoms. The fourth-order valence-corrected chi connectivity index (χ4v) is 5.30. The van der Waals surface area contributed by atoms with Crippen molar-refractivity contribution in [3.8, 4) is 11.5 Å². The van der Waals surface area contributed by atoms with Crippen molar-refractivity contribution in [2.75, 3.05) is 24.9 Å². The predicted molar refractivity (Wildman–Crippen MR) is 133 cm³/mol. The number of para-hydroxylation sites is 2.